The Morgan fingerprint density at radius 2 is 1.81 bits per heavy atom. The lowest BCUT2D eigenvalue weighted by atomic mass is 10.2. The summed E-state index contributed by atoms with van der Waals surface area (Å²) in [7, 11) is 0. The van der Waals surface area contributed by atoms with Gasteiger partial charge in [0.25, 0.3) is 0 Å². The van der Waals surface area contributed by atoms with E-state index in [1.807, 2.05) is 62.4 Å². The molecule has 4 rings (SSSR count). The molecule has 0 spiro atoms. The Kier molecular flexibility index (Phi) is 4.53. The van der Waals surface area contributed by atoms with Crippen LogP contribution in [0.25, 0.3) is 15.5 Å². The van der Waals surface area contributed by atoms with Gasteiger partial charge in [-0.2, -0.15) is 9.61 Å². The highest BCUT2D eigenvalue weighted by Crippen LogP contribution is 2.33. The number of aryl methyl sites for hydroxylation is 1. The first-order chi connectivity index (χ1) is 12.7. The van der Waals surface area contributed by atoms with Crippen molar-refractivity contribution in [3.05, 3.63) is 59.9 Å². The highest BCUT2D eigenvalue weighted by atomic mass is 32.1. The zero-order valence-electron chi connectivity index (χ0n) is 14.5. The molecule has 0 saturated heterocycles. The van der Waals surface area contributed by atoms with Crippen LogP contribution in [0.4, 0.5) is 0 Å². The Balaban J connectivity index is 1.60. The molecular weight excluding hydrogens is 348 g/mol. The smallest absolute Gasteiger partial charge is 0.235 e. The Morgan fingerprint density at radius 3 is 2.62 bits per heavy atom. The number of aromatic nitrogens is 4. The third kappa shape index (κ3) is 3.25. The van der Waals surface area contributed by atoms with Crippen molar-refractivity contribution in [3.8, 4) is 22.1 Å². The van der Waals surface area contributed by atoms with Crippen molar-refractivity contribution in [3.63, 3.8) is 0 Å². The molecular formula is C19H18N4O2S. The van der Waals surface area contributed by atoms with Crippen LogP contribution < -0.4 is 9.47 Å². The van der Waals surface area contributed by atoms with Gasteiger partial charge in [0.05, 0.1) is 12.2 Å². The summed E-state index contributed by atoms with van der Waals surface area (Å²) >= 11 is 1.48. The van der Waals surface area contributed by atoms with Crippen molar-refractivity contribution < 1.29 is 9.47 Å². The van der Waals surface area contributed by atoms with Crippen LogP contribution in [0.3, 0.4) is 0 Å². The average Bonchev–Trinajstić information content (AvgIpc) is 3.23. The van der Waals surface area contributed by atoms with Crippen molar-refractivity contribution >= 4 is 16.3 Å². The number of hydrogen-bond donors (Lipinski definition) is 0. The number of rotatable bonds is 6. The molecule has 0 amide bonds. The van der Waals surface area contributed by atoms with Crippen molar-refractivity contribution in [2.45, 2.75) is 20.5 Å². The molecule has 0 saturated carbocycles. The van der Waals surface area contributed by atoms with Crippen LogP contribution >= 0.6 is 11.3 Å². The van der Waals surface area contributed by atoms with E-state index in [9.17, 15) is 0 Å². The fraction of sp³-hybridized carbons (Fsp3) is 0.211. The summed E-state index contributed by atoms with van der Waals surface area (Å²) in [4.78, 5) is 0.730. The molecule has 132 valence electrons. The lowest BCUT2D eigenvalue weighted by molar-refractivity contribution is 0.292. The minimum Gasteiger partial charge on any atom is -0.493 e. The largest absolute Gasteiger partial charge is 0.493 e. The van der Waals surface area contributed by atoms with Gasteiger partial charge in [-0.25, -0.2) is 0 Å². The molecule has 7 heteroatoms. The van der Waals surface area contributed by atoms with Gasteiger partial charge >= 0.3 is 0 Å². The predicted molar refractivity (Wildman–Crippen MR) is 101 cm³/mol. The van der Waals surface area contributed by atoms with Crippen LogP contribution in [0.5, 0.6) is 11.5 Å². The zero-order valence-corrected chi connectivity index (χ0v) is 15.4. The van der Waals surface area contributed by atoms with E-state index >= 15 is 0 Å². The number of hydrogen-bond acceptors (Lipinski definition) is 6. The van der Waals surface area contributed by atoms with Gasteiger partial charge in [-0.15, -0.1) is 10.2 Å². The SMILES string of the molecule is CCOc1ccccc1-c1nn2c(COc3ccc(C)cc3)nnc2s1. The monoisotopic (exact) mass is 366 g/mol. The first kappa shape index (κ1) is 16.5. The topological polar surface area (TPSA) is 61.5 Å². The molecule has 0 unspecified atom stereocenters. The highest BCUT2D eigenvalue weighted by Gasteiger charge is 2.16. The standard InChI is InChI=1S/C19H18N4O2S/c1-3-24-16-7-5-4-6-15(16)18-22-23-17(20-21-19(23)26-18)12-25-14-10-8-13(2)9-11-14/h4-11H,3,12H2,1-2H3. The summed E-state index contributed by atoms with van der Waals surface area (Å²) in [5.41, 5.74) is 2.15. The van der Waals surface area contributed by atoms with E-state index in [4.69, 9.17) is 9.47 Å². The molecule has 0 aliphatic heterocycles. The molecule has 26 heavy (non-hydrogen) atoms. The number of nitrogens with zero attached hydrogens (tertiary/aromatic N) is 4. The average molecular weight is 366 g/mol. The highest BCUT2D eigenvalue weighted by molar-refractivity contribution is 7.19. The van der Waals surface area contributed by atoms with Crippen LogP contribution in [0, 0.1) is 6.92 Å². The van der Waals surface area contributed by atoms with Crippen LogP contribution in [-0.4, -0.2) is 26.4 Å². The van der Waals surface area contributed by atoms with Gasteiger partial charge in [-0.05, 0) is 38.1 Å². The Morgan fingerprint density at radius 1 is 1.00 bits per heavy atom. The van der Waals surface area contributed by atoms with E-state index in [1.54, 1.807) is 4.52 Å². The fourth-order valence-corrected chi connectivity index (χ4v) is 3.45. The van der Waals surface area contributed by atoms with Gasteiger partial charge in [0.2, 0.25) is 4.96 Å². The Bertz CT molecular complexity index is 1020. The molecule has 0 aliphatic rings. The molecule has 2 aromatic carbocycles. The van der Waals surface area contributed by atoms with E-state index < -0.39 is 0 Å². The maximum Gasteiger partial charge on any atom is 0.235 e. The van der Waals surface area contributed by atoms with Crippen LogP contribution in [0.15, 0.2) is 48.5 Å². The van der Waals surface area contributed by atoms with E-state index in [-0.39, 0.29) is 0 Å². The summed E-state index contributed by atoms with van der Waals surface area (Å²) < 4.78 is 13.2. The van der Waals surface area contributed by atoms with E-state index in [1.165, 1.54) is 16.9 Å². The molecule has 0 aliphatic carbocycles. The van der Waals surface area contributed by atoms with Crippen molar-refractivity contribution in [1.29, 1.82) is 0 Å². The second-order valence-corrected chi connectivity index (χ2v) is 6.70. The first-order valence-corrected chi connectivity index (χ1v) is 9.19. The van der Waals surface area contributed by atoms with Gasteiger partial charge in [0.1, 0.15) is 18.1 Å². The van der Waals surface area contributed by atoms with Gasteiger partial charge in [0, 0.05) is 0 Å². The maximum absolute atomic E-state index is 5.81. The van der Waals surface area contributed by atoms with E-state index in [2.05, 4.69) is 15.3 Å². The second kappa shape index (κ2) is 7.13. The molecule has 2 aromatic heterocycles. The normalized spacial score (nSPS) is 11.0. The van der Waals surface area contributed by atoms with Crippen LogP contribution in [0.1, 0.15) is 18.3 Å². The summed E-state index contributed by atoms with van der Waals surface area (Å²) in [5, 5.41) is 13.9. The summed E-state index contributed by atoms with van der Waals surface area (Å²) in [6.45, 7) is 4.93. The molecule has 0 N–H and O–H groups in total. The lowest BCUT2D eigenvalue weighted by Crippen LogP contribution is -2.02. The van der Waals surface area contributed by atoms with Crippen LogP contribution in [-0.2, 0) is 6.61 Å². The van der Waals surface area contributed by atoms with Crippen LogP contribution in [0.2, 0.25) is 0 Å². The molecule has 0 fully saturated rings. The van der Waals surface area contributed by atoms with Crippen molar-refractivity contribution in [2.24, 2.45) is 0 Å². The first-order valence-electron chi connectivity index (χ1n) is 8.37. The molecule has 0 bridgehead atoms. The molecule has 2 heterocycles. The van der Waals surface area contributed by atoms with Gasteiger partial charge in [-0.1, -0.05) is 41.2 Å². The van der Waals surface area contributed by atoms with Crippen molar-refractivity contribution in [2.75, 3.05) is 6.61 Å². The molecule has 6 nitrogen and oxygen atoms in total. The quantitative estimate of drug-likeness (QED) is 0.513. The van der Waals surface area contributed by atoms with E-state index in [0.29, 0.717) is 19.0 Å². The fourth-order valence-electron chi connectivity index (χ4n) is 2.56. The lowest BCUT2D eigenvalue weighted by Gasteiger charge is -2.07. The van der Waals surface area contributed by atoms with E-state index in [0.717, 1.165) is 27.0 Å². The summed E-state index contributed by atoms with van der Waals surface area (Å²) in [6.07, 6.45) is 0. The summed E-state index contributed by atoms with van der Waals surface area (Å²) in [5.74, 6) is 2.28. The van der Waals surface area contributed by atoms with Gasteiger partial charge in [0.15, 0.2) is 10.8 Å². The molecule has 0 atom stereocenters. The molecule has 0 radical (unpaired) electrons. The second-order valence-electron chi connectivity index (χ2n) is 5.75. The number of benzene rings is 2. The third-order valence-electron chi connectivity index (χ3n) is 3.86. The third-order valence-corrected chi connectivity index (χ3v) is 4.79. The maximum atomic E-state index is 5.81. The van der Waals surface area contributed by atoms with Gasteiger partial charge in [-0.3, -0.25) is 0 Å². The Hall–Kier alpha value is -2.93. The minimum absolute atomic E-state index is 0.306. The number of para-hydroxylation sites is 1. The summed E-state index contributed by atoms with van der Waals surface area (Å²) in [6, 6.07) is 15.8. The minimum atomic E-state index is 0.306. The zero-order chi connectivity index (χ0) is 17.9. The Labute approximate surface area is 155 Å². The number of fused-ring (bicyclic) bond motifs is 1. The van der Waals surface area contributed by atoms with Crippen molar-refractivity contribution in [1.82, 2.24) is 19.8 Å². The predicted octanol–water partition coefficient (Wildman–Crippen LogP) is 4.14. The number of ether oxygens (including phenoxy) is 2. The molecule has 4 aromatic rings. The van der Waals surface area contributed by atoms with Gasteiger partial charge < -0.3 is 9.47 Å².